The molecule has 21 heavy (non-hydrogen) atoms. The van der Waals surface area contributed by atoms with Crippen molar-refractivity contribution in [1.29, 1.82) is 0 Å². The van der Waals surface area contributed by atoms with Crippen molar-refractivity contribution >= 4 is 38.2 Å². The number of pyridine rings is 1. The van der Waals surface area contributed by atoms with Crippen LogP contribution < -0.4 is 10.6 Å². The van der Waals surface area contributed by atoms with Crippen LogP contribution in [0.1, 0.15) is 0 Å². The molecule has 1 saturated heterocycles. The van der Waals surface area contributed by atoms with Crippen molar-refractivity contribution in [3.63, 3.8) is 0 Å². The predicted octanol–water partition coefficient (Wildman–Crippen LogP) is 2.43. The molecule has 0 radical (unpaired) electrons. The van der Waals surface area contributed by atoms with E-state index in [9.17, 15) is 0 Å². The van der Waals surface area contributed by atoms with Crippen LogP contribution in [0.3, 0.4) is 0 Å². The molecule has 3 rings (SSSR count). The lowest BCUT2D eigenvalue weighted by molar-refractivity contribution is -0.00461. The standard InChI is InChI=1S/C15H18BrN3O2/c1-20-13-7-19(8-14(13)21-2)12-4-3-11(17)10-5-9(16)6-18-15(10)12/h3-6,13-14H,7-8,17H2,1-2H3. The summed E-state index contributed by atoms with van der Waals surface area (Å²) in [7, 11) is 3.44. The van der Waals surface area contributed by atoms with Gasteiger partial charge in [-0.3, -0.25) is 4.98 Å². The largest absolute Gasteiger partial charge is 0.398 e. The number of rotatable bonds is 3. The summed E-state index contributed by atoms with van der Waals surface area (Å²) in [4.78, 5) is 6.78. The number of fused-ring (bicyclic) bond motifs is 1. The molecule has 2 aromatic rings. The first kappa shape index (κ1) is 14.6. The SMILES string of the molecule is COC1CN(c2ccc(N)c3cc(Br)cnc23)CC1OC. The molecule has 5 nitrogen and oxygen atoms in total. The number of hydrogen-bond donors (Lipinski definition) is 1. The molecule has 1 aromatic carbocycles. The molecule has 0 saturated carbocycles. The van der Waals surface area contributed by atoms with Crippen LogP contribution in [-0.2, 0) is 9.47 Å². The summed E-state index contributed by atoms with van der Waals surface area (Å²) in [5, 5.41) is 0.955. The highest BCUT2D eigenvalue weighted by atomic mass is 79.9. The van der Waals surface area contributed by atoms with E-state index in [0.29, 0.717) is 0 Å². The van der Waals surface area contributed by atoms with Crippen molar-refractivity contribution in [1.82, 2.24) is 4.98 Å². The second-order valence-corrected chi connectivity index (χ2v) is 6.09. The van der Waals surface area contributed by atoms with E-state index in [2.05, 4.69) is 25.8 Å². The first-order chi connectivity index (χ1) is 10.1. The van der Waals surface area contributed by atoms with Gasteiger partial charge in [0.2, 0.25) is 0 Å². The number of benzene rings is 1. The Morgan fingerprint density at radius 3 is 2.52 bits per heavy atom. The van der Waals surface area contributed by atoms with E-state index in [-0.39, 0.29) is 12.2 Å². The minimum atomic E-state index is 0.0676. The minimum absolute atomic E-state index is 0.0676. The number of hydrogen-bond acceptors (Lipinski definition) is 5. The van der Waals surface area contributed by atoms with Gasteiger partial charge < -0.3 is 20.1 Å². The van der Waals surface area contributed by atoms with Crippen LogP contribution in [0.2, 0.25) is 0 Å². The van der Waals surface area contributed by atoms with Gasteiger partial charge in [-0.1, -0.05) is 0 Å². The Bertz CT molecular complexity index is 653. The van der Waals surface area contributed by atoms with Crippen LogP contribution in [0.15, 0.2) is 28.9 Å². The summed E-state index contributed by atoms with van der Waals surface area (Å²) in [5.74, 6) is 0. The van der Waals surface area contributed by atoms with Crippen molar-refractivity contribution in [2.45, 2.75) is 12.2 Å². The molecule has 0 spiro atoms. The molecule has 1 fully saturated rings. The number of nitrogens with zero attached hydrogens (tertiary/aromatic N) is 2. The van der Waals surface area contributed by atoms with Crippen LogP contribution in [0.4, 0.5) is 11.4 Å². The van der Waals surface area contributed by atoms with Crippen LogP contribution in [0, 0.1) is 0 Å². The molecule has 0 amide bonds. The number of aromatic nitrogens is 1. The Morgan fingerprint density at radius 1 is 1.24 bits per heavy atom. The van der Waals surface area contributed by atoms with Gasteiger partial charge in [-0.2, -0.15) is 0 Å². The van der Waals surface area contributed by atoms with Crippen LogP contribution in [-0.4, -0.2) is 44.5 Å². The summed E-state index contributed by atoms with van der Waals surface area (Å²) in [6.45, 7) is 1.57. The third-order valence-electron chi connectivity index (χ3n) is 3.99. The van der Waals surface area contributed by atoms with Crippen molar-refractivity contribution in [3.8, 4) is 0 Å². The van der Waals surface area contributed by atoms with Gasteiger partial charge in [0.25, 0.3) is 0 Å². The van der Waals surface area contributed by atoms with Gasteiger partial charge in [-0.05, 0) is 34.1 Å². The fourth-order valence-corrected chi connectivity index (χ4v) is 3.18. The molecule has 2 atom stereocenters. The number of ether oxygens (including phenoxy) is 2. The van der Waals surface area contributed by atoms with Crippen molar-refractivity contribution in [2.75, 3.05) is 37.9 Å². The van der Waals surface area contributed by atoms with E-state index >= 15 is 0 Å². The number of nitrogen functional groups attached to an aromatic ring is 1. The summed E-state index contributed by atoms with van der Waals surface area (Å²) >= 11 is 3.44. The molecule has 2 heterocycles. The zero-order valence-electron chi connectivity index (χ0n) is 12.0. The third kappa shape index (κ3) is 2.59. The smallest absolute Gasteiger partial charge is 0.102 e. The van der Waals surface area contributed by atoms with E-state index in [0.717, 1.165) is 39.8 Å². The Kier molecular flexibility index (Phi) is 4.01. The van der Waals surface area contributed by atoms with Crippen LogP contribution in [0.5, 0.6) is 0 Å². The number of methoxy groups -OCH3 is 2. The minimum Gasteiger partial charge on any atom is -0.398 e. The first-order valence-corrected chi connectivity index (χ1v) is 7.57. The second kappa shape index (κ2) is 5.79. The first-order valence-electron chi connectivity index (χ1n) is 6.78. The highest BCUT2D eigenvalue weighted by Gasteiger charge is 2.33. The van der Waals surface area contributed by atoms with E-state index in [4.69, 9.17) is 15.2 Å². The highest BCUT2D eigenvalue weighted by molar-refractivity contribution is 9.10. The predicted molar refractivity (Wildman–Crippen MR) is 87.7 cm³/mol. The van der Waals surface area contributed by atoms with E-state index in [1.807, 2.05) is 18.2 Å². The summed E-state index contributed by atoms with van der Waals surface area (Å²) in [6, 6.07) is 5.94. The quantitative estimate of drug-likeness (QED) is 0.860. The number of anilines is 2. The molecule has 1 aliphatic heterocycles. The van der Waals surface area contributed by atoms with Crippen molar-refractivity contribution < 1.29 is 9.47 Å². The highest BCUT2D eigenvalue weighted by Crippen LogP contribution is 2.33. The molecular weight excluding hydrogens is 334 g/mol. The van der Waals surface area contributed by atoms with Crippen molar-refractivity contribution in [2.24, 2.45) is 0 Å². The molecule has 0 bridgehead atoms. The van der Waals surface area contributed by atoms with Gasteiger partial charge in [-0.15, -0.1) is 0 Å². The van der Waals surface area contributed by atoms with Crippen molar-refractivity contribution in [3.05, 3.63) is 28.9 Å². The average molecular weight is 352 g/mol. The molecular formula is C15H18BrN3O2. The molecule has 2 N–H and O–H groups in total. The molecule has 0 aliphatic carbocycles. The number of nitrogens with two attached hydrogens (primary N) is 1. The number of halogens is 1. The topological polar surface area (TPSA) is 60.6 Å². The lowest BCUT2D eigenvalue weighted by Gasteiger charge is -2.20. The van der Waals surface area contributed by atoms with Gasteiger partial charge in [0.1, 0.15) is 12.2 Å². The van der Waals surface area contributed by atoms with Crippen LogP contribution >= 0.6 is 15.9 Å². The molecule has 6 heteroatoms. The fraction of sp³-hybridized carbons (Fsp3) is 0.400. The Hall–Kier alpha value is -1.37. The normalized spacial score (nSPS) is 22.1. The van der Waals surface area contributed by atoms with E-state index < -0.39 is 0 Å². The monoisotopic (exact) mass is 351 g/mol. The molecule has 2 unspecified atom stereocenters. The maximum absolute atomic E-state index is 6.07. The summed E-state index contributed by atoms with van der Waals surface area (Å²) in [5.41, 5.74) is 8.77. The molecule has 1 aromatic heterocycles. The van der Waals surface area contributed by atoms with Gasteiger partial charge >= 0.3 is 0 Å². The summed E-state index contributed by atoms with van der Waals surface area (Å²) in [6.07, 6.45) is 1.93. The lowest BCUT2D eigenvalue weighted by Crippen LogP contribution is -2.27. The Labute approximate surface area is 132 Å². The van der Waals surface area contributed by atoms with Gasteiger partial charge in [-0.25, -0.2) is 0 Å². The van der Waals surface area contributed by atoms with Gasteiger partial charge in [0, 0.05) is 49.1 Å². The van der Waals surface area contributed by atoms with E-state index in [1.54, 1.807) is 20.4 Å². The Morgan fingerprint density at radius 2 is 1.90 bits per heavy atom. The van der Waals surface area contributed by atoms with Crippen LogP contribution in [0.25, 0.3) is 10.9 Å². The maximum atomic E-state index is 6.07. The fourth-order valence-electron chi connectivity index (χ4n) is 2.85. The molecule has 1 aliphatic rings. The zero-order chi connectivity index (χ0) is 15.0. The maximum Gasteiger partial charge on any atom is 0.102 e. The Balaban J connectivity index is 2.04. The van der Waals surface area contributed by atoms with Gasteiger partial charge in [0.05, 0.1) is 11.2 Å². The average Bonchev–Trinajstić information content (AvgIpc) is 2.91. The summed E-state index contributed by atoms with van der Waals surface area (Å²) < 4.78 is 11.9. The molecule has 112 valence electrons. The lowest BCUT2D eigenvalue weighted by atomic mass is 10.1. The van der Waals surface area contributed by atoms with E-state index in [1.165, 1.54) is 0 Å². The third-order valence-corrected chi connectivity index (χ3v) is 4.42. The van der Waals surface area contributed by atoms with Gasteiger partial charge in [0.15, 0.2) is 0 Å². The zero-order valence-corrected chi connectivity index (χ0v) is 13.6. The second-order valence-electron chi connectivity index (χ2n) is 5.18.